The summed E-state index contributed by atoms with van der Waals surface area (Å²) in [5.41, 5.74) is 0. The van der Waals surface area contributed by atoms with Crippen LogP contribution in [0.4, 0.5) is 0 Å². The van der Waals surface area contributed by atoms with Gasteiger partial charge in [0.2, 0.25) is 0 Å². The summed E-state index contributed by atoms with van der Waals surface area (Å²) in [5.74, 6) is -0.839. The maximum atomic E-state index is 13.0. The van der Waals surface area contributed by atoms with Gasteiger partial charge in [-0.15, -0.1) is 0 Å². The van der Waals surface area contributed by atoms with Gasteiger partial charge in [0.25, 0.3) is 0 Å². The van der Waals surface area contributed by atoms with Gasteiger partial charge >= 0.3 is 17.9 Å². The SMILES string of the molecule is CCCCCCCCCCCCCCCCCC(=O)OCC(COC(=O)CCCCCCCCCCCCCCCCC)C(COC(=O)CCCCCCCCCCC)[N+](C)(C)C. The van der Waals surface area contributed by atoms with E-state index in [0.29, 0.717) is 23.7 Å². The smallest absolute Gasteiger partial charge is 0.306 e. The minimum Gasteiger partial charge on any atom is -0.465 e. The molecule has 0 aliphatic heterocycles. The maximum Gasteiger partial charge on any atom is 0.306 e. The van der Waals surface area contributed by atoms with Gasteiger partial charge in [-0.2, -0.15) is 0 Å². The van der Waals surface area contributed by atoms with Crippen molar-refractivity contribution < 1.29 is 33.1 Å². The molecule has 0 saturated carbocycles. The number of rotatable bonds is 50. The van der Waals surface area contributed by atoms with Crippen molar-refractivity contribution in [2.24, 2.45) is 5.92 Å². The van der Waals surface area contributed by atoms with Gasteiger partial charge in [0, 0.05) is 19.3 Å². The lowest BCUT2D eigenvalue weighted by atomic mass is 9.99. The van der Waals surface area contributed by atoms with E-state index in [-0.39, 0.29) is 49.7 Å². The molecule has 0 saturated heterocycles. The number of hydrogen-bond donors (Lipinski definition) is 0. The quantitative estimate of drug-likeness (QED) is 0.0262. The standard InChI is InChI=1S/C56H110NO6/c1-7-10-13-16-19-22-24-26-28-30-32-35-38-40-43-46-54(58)61-49-52(53(57(4,5)6)51-63-56(60)48-45-42-37-34-21-18-15-12-9-3)50-62-55(59)47-44-41-39-36-33-31-29-27-25-23-20-17-14-11-8-2/h52-53H,7-51H2,1-6H3/q+1. The Labute approximate surface area is 393 Å². The highest BCUT2D eigenvalue weighted by Gasteiger charge is 2.36. The van der Waals surface area contributed by atoms with Gasteiger partial charge in [0.05, 0.1) is 27.1 Å². The number of carbonyl (C=O) groups excluding carboxylic acids is 3. The molecule has 1 atom stereocenters. The summed E-state index contributed by atoms with van der Waals surface area (Å²) < 4.78 is 18.1. The summed E-state index contributed by atoms with van der Waals surface area (Å²) >= 11 is 0. The molecular formula is C56H110NO6+. The molecule has 63 heavy (non-hydrogen) atoms. The Morgan fingerprint density at radius 1 is 0.302 bits per heavy atom. The lowest BCUT2D eigenvalue weighted by molar-refractivity contribution is -0.900. The molecular weight excluding hydrogens is 783 g/mol. The van der Waals surface area contributed by atoms with Crippen LogP contribution >= 0.6 is 0 Å². The second kappa shape index (κ2) is 46.9. The maximum absolute atomic E-state index is 13.0. The lowest BCUT2D eigenvalue weighted by Crippen LogP contribution is -2.54. The summed E-state index contributed by atoms with van der Waals surface area (Å²) in [5, 5.41) is 0. The molecule has 0 radical (unpaired) electrons. The topological polar surface area (TPSA) is 78.9 Å². The molecule has 0 aliphatic rings. The molecule has 0 heterocycles. The molecule has 0 rings (SSSR count). The van der Waals surface area contributed by atoms with Crippen LogP contribution in [0.1, 0.15) is 290 Å². The second-order valence-corrected chi connectivity index (χ2v) is 20.5. The first-order valence-electron chi connectivity index (χ1n) is 27.9. The molecule has 0 amide bonds. The number of likely N-dealkylation sites (N-methyl/N-ethyl adjacent to an activating group) is 1. The van der Waals surface area contributed by atoms with E-state index >= 15 is 0 Å². The third-order valence-corrected chi connectivity index (χ3v) is 13.3. The number of esters is 3. The van der Waals surface area contributed by atoms with E-state index in [0.717, 1.165) is 51.4 Å². The van der Waals surface area contributed by atoms with E-state index in [1.165, 1.54) is 199 Å². The van der Waals surface area contributed by atoms with Crippen molar-refractivity contribution in [1.82, 2.24) is 0 Å². The summed E-state index contributed by atoms with van der Waals surface area (Å²) in [7, 11) is 6.21. The molecule has 0 aromatic heterocycles. The first kappa shape index (κ1) is 61.4. The van der Waals surface area contributed by atoms with Crippen molar-refractivity contribution in [3.8, 4) is 0 Å². The predicted octanol–water partition coefficient (Wildman–Crippen LogP) is 16.8. The number of unbranched alkanes of at least 4 members (excludes halogenated alkanes) is 36. The molecule has 1 unspecified atom stereocenters. The molecule has 374 valence electrons. The van der Waals surface area contributed by atoms with Gasteiger partial charge in [-0.1, -0.05) is 252 Å². The molecule has 7 nitrogen and oxygen atoms in total. The van der Waals surface area contributed by atoms with E-state index in [2.05, 4.69) is 41.9 Å². The fourth-order valence-corrected chi connectivity index (χ4v) is 8.92. The fourth-order valence-electron chi connectivity index (χ4n) is 8.92. The average Bonchev–Trinajstić information content (AvgIpc) is 3.26. The Hall–Kier alpha value is -1.63. The molecule has 0 spiro atoms. The van der Waals surface area contributed by atoms with Crippen LogP contribution in [-0.4, -0.2) is 69.4 Å². The number of nitrogens with zero attached hydrogens (tertiary/aromatic N) is 1. The largest absolute Gasteiger partial charge is 0.465 e. The van der Waals surface area contributed by atoms with E-state index in [4.69, 9.17) is 14.2 Å². The van der Waals surface area contributed by atoms with Crippen molar-refractivity contribution in [3.05, 3.63) is 0 Å². The van der Waals surface area contributed by atoms with Gasteiger partial charge < -0.3 is 18.7 Å². The summed E-state index contributed by atoms with van der Waals surface area (Å²) in [6.45, 7) is 7.31. The number of hydrogen-bond acceptors (Lipinski definition) is 6. The van der Waals surface area contributed by atoms with E-state index in [9.17, 15) is 14.4 Å². The Balaban J connectivity index is 4.72. The van der Waals surface area contributed by atoms with Crippen molar-refractivity contribution in [2.75, 3.05) is 41.0 Å². The lowest BCUT2D eigenvalue weighted by Gasteiger charge is -2.38. The predicted molar refractivity (Wildman–Crippen MR) is 269 cm³/mol. The van der Waals surface area contributed by atoms with Crippen molar-refractivity contribution >= 4 is 17.9 Å². The van der Waals surface area contributed by atoms with Crippen LogP contribution in [0.5, 0.6) is 0 Å². The van der Waals surface area contributed by atoms with E-state index in [1.54, 1.807) is 0 Å². The van der Waals surface area contributed by atoms with Crippen molar-refractivity contribution in [2.45, 2.75) is 296 Å². The van der Waals surface area contributed by atoms with Gasteiger partial charge in [-0.3, -0.25) is 14.4 Å². The molecule has 0 bridgehead atoms. The Bertz CT molecular complexity index is 945. The second-order valence-electron chi connectivity index (χ2n) is 20.5. The first-order valence-corrected chi connectivity index (χ1v) is 27.9. The van der Waals surface area contributed by atoms with Gasteiger partial charge in [0.15, 0.2) is 0 Å². The average molecular weight is 893 g/mol. The highest BCUT2D eigenvalue weighted by molar-refractivity contribution is 5.70. The highest BCUT2D eigenvalue weighted by atomic mass is 16.6. The van der Waals surface area contributed by atoms with Crippen LogP contribution in [0.15, 0.2) is 0 Å². The third-order valence-electron chi connectivity index (χ3n) is 13.3. The zero-order valence-electron chi connectivity index (χ0n) is 43.4. The summed E-state index contributed by atoms with van der Waals surface area (Å²) in [6.07, 6.45) is 50.7. The van der Waals surface area contributed by atoms with Crippen molar-refractivity contribution in [1.29, 1.82) is 0 Å². The molecule has 0 aromatic carbocycles. The Morgan fingerprint density at radius 3 is 0.698 bits per heavy atom. The molecule has 0 N–H and O–H groups in total. The van der Waals surface area contributed by atoms with Crippen LogP contribution in [-0.2, 0) is 28.6 Å². The molecule has 0 aliphatic carbocycles. The number of quaternary nitrogens is 1. The van der Waals surface area contributed by atoms with Crippen LogP contribution in [0.2, 0.25) is 0 Å². The molecule has 0 aromatic rings. The Morgan fingerprint density at radius 2 is 0.492 bits per heavy atom. The monoisotopic (exact) mass is 893 g/mol. The summed E-state index contributed by atoms with van der Waals surface area (Å²) in [6, 6.07) is -0.186. The van der Waals surface area contributed by atoms with Gasteiger partial charge in [-0.25, -0.2) is 0 Å². The zero-order chi connectivity index (χ0) is 46.3. The van der Waals surface area contributed by atoms with Gasteiger partial charge in [0.1, 0.15) is 25.9 Å². The van der Waals surface area contributed by atoms with Crippen LogP contribution in [0, 0.1) is 5.92 Å². The minimum atomic E-state index is -0.277. The van der Waals surface area contributed by atoms with Crippen molar-refractivity contribution in [3.63, 3.8) is 0 Å². The van der Waals surface area contributed by atoms with Crippen LogP contribution < -0.4 is 0 Å². The first-order chi connectivity index (χ1) is 30.6. The summed E-state index contributed by atoms with van der Waals surface area (Å²) in [4.78, 5) is 38.8. The number of carbonyl (C=O) groups is 3. The molecule has 0 fully saturated rings. The highest BCUT2D eigenvalue weighted by Crippen LogP contribution is 2.21. The van der Waals surface area contributed by atoms with Crippen LogP contribution in [0.3, 0.4) is 0 Å². The minimum absolute atomic E-state index is 0.153. The number of ether oxygens (including phenoxy) is 3. The normalized spacial score (nSPS) is 12.2. The van der Waals surface area contributed by atoms with Gasteiger partial charge in [-0.05, 0) is 19.3 Å². The fraction of sp³-hybridized carbons (Fsp3) is 0.946. The zero-order valence-corrected chi connectivity index (χ0v) is 43.4. The van der Waals surface area contributed by atoms with Crippen LogP contribution in [0.25, 0.3) is 0 Å². The Kier molecular flexibility index (Phi) is 45.7. The van der Waals surface area contributed by atoms with E-state index < -0.39 is 0 Å². The van der Waals surface area contributed by atoms with E-state index in [1.807, 2.05) is 0 Å². The third kappa shape index (κ3) is 44.0. The molecule has 7 heteroatoms.